The molecule has 8 heteroatoms. The van der Waals surface area contributed by atoms with E-state index in [-0.39, 0.29) is 17.7 Å². The zero-order valence-electron chi connectivity index (χ0n) is 21.1. The Hall–Kier alpha value is -2.58. The Morgan fingerprint density at radius 2 is 2.03 bits per heavy atom. The summed E-state index contributed by atoms with van der Waals surface area (Å²) in [5.41, 5.74) is 2.85. The minimum Gasteiger partial charge on any atom is -0.376 e. The summed E-state index contributed by atoms with van der Waals surface area (Å²) in [6.07, 6.45) is 10.3. The summed E-state index contributed by atoms with van der Waals surface area (Å²) in [7, 11) is 0. The van der Waals surface area contributed by atoms with Crippen LogP contribution < -0.4 is 5.56 Å². The number of nitrogens with one attached hydrogen (secondary N) is 1. The van der Waals surface area contributed by atoms with E-state index in [1.54, 1.807) is 0 Å². The topological polar surface area (TPSA) is 88.9 Å². The number of H-pyrrole nitrogens is 1. The zero-order chi connectivity index (χ0) is 24.2. The van der Waals surface area contributed by atoms with Crippen LogP contribution in [0.1, 0.15) is 87.7 Å². The number of nitrogens with zero attached hydrogens (tertiary/aromatic N) is 5. The number of ether oxygens (including phenoxy) is 1. The molecule has 5 rings (SSSR count). The van der Waals surface area contributed by atoms with Crippen LogP contribution in [0.25, 0.3) is 10.9 Å². The molecule has 0 unspecified atom stereocenters. The fourth-order valence-corrected chi connectivity index (χ4v) is 5.86. The van der Waals surface area contributed by atoms with Crippen LogP contribution >= 0.6 is 0 Å². The van der Waals surface area contributed by atoms with Crippen LogP contribution in [0.3, 0.4) is 0 Å². The van der Waals surface area contributed by atoms with E-state index in [1.165, 1.54) is 19.3 Å². The van der Waals surface area contributed by atoms with E-state index < -0.39 is 0 Å². The maximum absolute atomic E-state index is 13.2. The van der Waals surface area contributed by atoms with Gasteiger partial charge in [0.05, 0.1) is 18.7 Å². The van der Waals surface area contributed by atoms with Gasteiger partial charge in [0.25, 0.3) is 5.56 Å². The molecule has 3 aromatic rings. The van der Waals surface area contributed by atoms with Crippen molar-refractivity contribution in [3.8, 4) is 0 Å². The molecule has 1 aromatic carbocycles. The lowest BCUT2D eigenvalue weighted by molar-refractivity contribution is 0.0713. The number of pyridine rings is 1. The first-order chi connectivity index (χ1) is 17.1. The van der Waals surface area contributed by atoms with Gasteiger partial charge >= 0.3 is 0 Å². The summed E-state index contributed by atoms with van der Waals surface area (Å²) in [6.45, 7) is 6.37. The second-order valence-electron chi connectivity index (χ2n) is 10.3. The highest BCUT2D eigenvalue weighted by molar-refractivity contribution is 5.79. The van der Waals surface area contributed by atoms with Crippen LogP contribution in [0.15, 0.2) is 29.1 Å². The minimum atomic E-state index is -0.00175. The van der Waals surface area contributed by atoms with Gasteiger partial charge in [0.1, 0.15) is 0 Å². The molecule has 1 saturated carbocycles. The highest BCUT2D eigenvalue weighted by atomic mass is 16.5. The molecule has 1 aliphatic carbocycles. The number of aromatic amines is 1. The summed E-state index contributed by atoms with van der Waals surface area (Å²) in [5.74, 6) is 0.903. The van der Waals surface area contributed by atoms with Crippen LogP contribution in [-0.2, 0) is 17.8 Å². The smallest absolute Gasteiger partial charge is 0.252 e. The Bertz CT molecular complexity index is 1180. The quantitative estimate of drug-likeness (QED) is 0.480. The monoisotopic (exact) mass is 478 g/mol. The highest BCUT2D eigenvalue weighted by Crippen LogP contribution is 2.34. The van der Waals surface area contributed by atoms with Crippen LogP contribution in [0.5, 0.6) is 0 Å². The molecule has 2 aliphatic rings. The zero-order valence-corrected chi connectivity index (χ0v) is 21.1. The summed E-state index contributed by atoms with van der Waals surface area (Å²) < 4.78 is 7.84. The SMILES string of the molecule is CCC[C@H](c1nnnn1C[C@@H]1CCCO1)N(Cc1cc2ccc(C)cc2[nH]c1=O)C1CCCCC1. The first-order valence-electron chi connectivity index (χ1n) is 13.4. The van der Waals surface area contributed by atoms with Crippen molar-refractivity contribution in [2.75, 3.05) is 6.61 Å². The molecule has 3 heterocycles. The lowest BCUT2D eigenvalue weighted by Gasteiger charge is -2.39. The predicted molar refractivity (Wildman–Crippen MR) is 136 cm³/mol. The molecule has 2 aromatic heterocycles. The van der Waals surface area contributed by atoms with Crippen LogP contribution in [0, 0.1) is 6.92 Å². The van der Waals surface area contributed by atoms with Crippen molar-refractivity contribution >= 4 is 10.9 Å². The van der Waals surface area contributed by atoms with Gasteiger partial charge < -0.3 is 9.72 Å². The van der Waals surface area contributed by atoms with Crippen molar-refractivity contribution in [3.63, 3.8) is 0 Å². The number of aromatic nitrogens is 5. The molecule has 0 radical (unpaired) electrons. The number of aryl methyl sites for hydroxylation is 1. The normalized spacial score (nSPS) is 20.1. The second kappa shape index (κ2) is 11.0. The first-order valence-corrected chi connectivity index (χ1v) is 13.4. The molecule has 2 fully saturated rings. The molecule has 188 valence electrons. The summed E-state index contributed by atoms with van der Waals surface area (Å²) >= 11 is 0. The van der Waals surface area contributed by atoms with Gasteiger partial charge in [-0.05, 0) is 72.5 Å². The Balaban J connectivity index is 1.50. The average molecular weight is 479 g/mol. The lowest BCUT2D eigenvalue weighted by Crippen LogP contribution is -2.41. The highest BCUT2D eigenvalue weighted by Gasteiger charge is 2.33. The lowest BCUT2D eigenvalue weighted by atomic mass is 9.91. The molecular formula is C27H38N6O2. The van der Waals surface area contributed by atoms with Crippen LogP contribution in [-0.4, -0.2) is 48.8 Å². The molecule has 1 saturated heterocycles. The van der Waals surface area contributed by atoms with E-state index in [9.17, 15) is 4.79 Å². The third-order valence-electron chi connectivity index (χ3n) is 7.70. The van der Waals surface area contributed by atoms with E-state index in [4.69, 9.17) is 4.74 Å². The van der Waals surface area contributed by atoms with Crippen molar-refractivity contribution in [1.82, 2.24) is 30.1 Å². The Morgan fingerprint density at radius 1 is 1.17 bits per heavy atom. The number of fused-ring (bicyclic) bond motifs is 1. The Kier molecular flexibility index (Phi) is 7.58. The molecule has 0 amide bonds. The van der Waals surface area contributed by atoms with Gasteiger partial charge in [-0.1, -0.05) is 44.7 Å². The Morgan fingerprint density at radius 3 is 2.80 bits per heavy atom. The molecule has 2 atom stereocenters. The molecule has 1 aliphatic heterocycles. The van der Waals surface area contributed by atoms with Gasteiger partial charge in [0.15, 0.2) is 5.82 Å². The second-order valence-corrected chi connectivity index (χ2v) is 10.3. The van der Waals surface area contributed by atoms with E-state index >= 15 is 0 Å². The third-order valence-corrected chi connectivity index (χ3v) is 7.70. The standard InChI is InChI=1S/C27H38N6O2/c1-3-8-25(26-29-30-31-33(26)18-23-11-7-14-35-23)32(22-9-5-4-6-10-22)17-21-16-20-13-12-19(2)15-24(20)28-27(21)34/h12-13,15-16,22-23,25H,3-11,14,17-18H2,1-2H3,(H,28,34)/t23-,25+/m0/s1. The number of hydrogen-bond donors (Lipinski definition) is 1. The minimum absolute atomic E-state index is 0.00175. The fraction of sp³-hybridized carbons (Fsp3) is 0.630. The number of hydrogen-bond acceptors (Lipinski definition) is 6. The largest absolute Gasteiger partial charge is 0.376 e. The summed E-state index contributed by atoms with van der Waals surface area (Å²) in [6, 6.07) is 8.79. The van der Waals surface area contributed by atoms with Gasteiger partial charge in [0, 0.05) is 30.3 Å². The summed E-state index contributed by atoms with van der Waals surface area (Å²) in [5, 5.41) is 14.1. The van der Waals surface area contributed by atoms with E-state index in [0.29, 0.717) is 19.1 Å². The maximum atomic E-state index is 13.2. The molecule has 1 N–H and O–H groups in total. The maximum Gasteiger partial charge on any atom is 0.252 e. The van der Waals surface area contributed by atoms with Gasteiger partial charge in [-0.3, -0.25) is 9.69 Å². The van der Waals surface area contributed by atoms with Crippen molar-refractivity contribution < 1.29 is 4.74 Å². The molecule has 0 bridgehead atoms. The van der Waals surface area contributed by atoms with E-state index in [1.807, 2.05) is 17.7 Å². The molecular weight excluding hydrogens is 440 g/mol. The van der Waals surface area contributed by atoms with Crippen molar-refractivity contribution in [3.05, 3.63) is 51.6 Å². The summed E-state index contributed by atoms with van der Waals surface area (Å²) in [4.78, 5) is 18.8. The van der Waals surface area contributed by atoms with Gasteiger partial charge in [-0.15, -0.1) is 5.10 Å². The van der Waals surface area contributed by atoms with E-state index in [0.717, 1.165) is 73.0 Å². The number of tetrazole rings is 1. The van der Waals surface area contributed by atoms with Gasteiger partial charge in [-0.25, -0.2) is 4.68 Å². The average Bonchev–Trinajstić information content (AvgIpc) is 3.55. The van der Waals surface area contributed by atoms with Crippen molar-refractivity contribution in [2.24, 2.45) is 0 Å². The fourth-order valence-electron chi connectivity index (χ4n) is 5.86. The van der Waals surface area contributed by atoms with Crippen molar-refractivity contribution in [2.45, 2.75) is 103 Å². The van der Waals surface area contributed by atoms with Crippen LogP contribution in [0.4, 0.5) is 0 Å². The molecule has 8 nitrogen and oxygen atoms in total. The van der Waals surface area contributed by atoms with Crippen LogP contribution in [0.2, 0.25) is 0 Å². The van der Waals surface area contributed by atoms with Gasteiger partial charge in [-0.2, -0.15) is 0 Å². The number of benzene rings is 1. The predicted octanol–water partition coefficient (Wildman–Crippen LogP) is 4.68. The number of rotatable bonds is 9. The van der Waals surface area contributed by atoms with E-state index in [2.05, 4.69) is 50.5 Å². The van der Waals surface area contributed by atoms with Crippen molar-refractivity contribution in [1.29, 1.82) is 0 Å². The van der Waals surface area contributed by atoms with Gasteiger partial charge in [0.2, 0.25) is 0 Å². The molecule has 0 spiro atoms. The Labute approximate surface area is 207 Å². The molecule has 35 heavy (non-hydrogen) atoms. The third kappa shape index (κ3) is 5.48. The first kappa shape index (κ1) is 24.1.